The number of amides is 1. The number of ether oxygens (including phenoxy) is 3. The first kappa shape index (κ1) is 33.9. The van der Waals surface area contributed by atoms with E-state index in [-0.39, 0.29) is 36.4 Å². The highest BCUT2D eigenvalue weighted by atomic mass is 16.6. The third kappa shape index (κ3) is 8.28. The molecule has 2 aliphatic rings. The Labute approximate surface area is 252 Å². The van der Waals surface area contributed by atoms with Crippen molar-refractivity contribution < 1.29 is 33.7 Å². The zero-order valence-electron chi connectivity index (χ0n) is 25.6. The largest absolute Gasteiger partial charge is 0.463 e. The van der Waals surface area contributed by atoms with Crippen LogP contribution in [-0.2, 0) is 34.2 Å². The van der Waals surface area contributed by atoms with E-state index in [1.165, 1.54) is 19.5 Å². The summed E-state index contributed by atoms with van der Waals surface area (Å²) in [5, 5.41) is 24.6. The normalized spacial score (nSPS) is 25.2. The fourth-order valence-electron chi connectivity index (χ4n) is 4.75. The lowest BCUT2D eigenvalue weighted by atomic mass is 9.83. The highest BCUT2D eigenvalue weighted by Gasteiger charge is 2.59. The number of aliphatic hydroxyl groups excluding tert-OH is 1. The molecule has 0 bridgehead atoms. The van der Waals surface area contributed by atoms with E-state index in [9.17, 15) is 24.8 Å². The number of aromatic amines is 1. The fraction of sp³-hybridized carbons (Fsp3) is 0.667. The number of H-pyrrole nitrogens is 1. The summed E-state index contributed by atoms with van der Waals surface area (Å²) in [7, 11) is 1.53. The van der Waals surface area contributed by atoms with Gasteiger partial charge in [-0.2, -0.15) is 5.26 Å². The molecule has 1 amide bonds. The van der Waals surface area contributed by atoms with Crippen LogP contribution in [0.25, 0.3) is 0 Å². The number of hydrogen-bond acceptors (Lipinski definition) is 10. The molecular formula is C30H44N6O7. The molecule has 13 heteroatoms. The van der Waals surface area contributed by atoms with Crippen LogP contribution in [0.15, 0.2) is 22.1 Å². The summed E-state index contributed by atoms with van der Waals surface area (Å²) < 4.78 is 17.2. The molecule has 13 nitrogen and oxygen atoms in total. The number of rotatable bonds is 12. The smallest absolute Gasteiger partial charge is 0.323 e. The summed E-state index contributed by atoms with van der Waals surface area (Å²) in [5.41, 5.74) is 3.86. The van der Waals surface area contributed by atoms with Gasteiger partial charge in [0.1, 0.15) is 37.3 Å². The number of hydrogen-bond donors (Lipinski definition) is 4. The lowest BCUT2D eigenvalue weighted by Gasteiger charge is -2.29. The maximum absolute atomic E-state index is 13.0. The molecule has 1 aliphatic heterocycles. The van der Waals surface area contributed by atoms with Gasteiger partial charge in [0.25, 0.3) is 0 Å². The van der Waals surface area contributed by atoms with Gasteiger partial charge in [-0.05, 0) is 42.7 Å². The van der Waals surface area contributed by atoms with E-state index in [0.29, 0.717) is 18.5 Å². The minimum absolute atomic E-state index is 0.117. The average Bonchev–Trinajstić information content (AvgIpc) is 3.54. The summed E-state index contributed by atoms with van der Waals surface area (Å²) in [6, 6.07) is 4.05. The molecular weight excluding hydrogens is 556 g/mol. The van der Waals surface area contributed by atoms with Crippen molar-refractivity contribution >= 4 is 30.0 Å². The molecule has 1 saturated carbocycles. The second kappa shape index (κ2) is 14.7. The van der Waals surface area contributed by atoms with E-state index in [4.69, 9.17) is 19.9 Å². The number of nitrogens with two attached hydrogens (primary N) is 1. The summed E-state index contributed by atoms with van der Waals surface area (Å²) in [5.74, 6) is -1.06. The van der Waals surface area contributed by atoms with Crippen LogP contribution >= 0.6 is 0 Å². The SMILES string of the molecule is CCCCC(=O)NC(=NC=NC)c1ccc([C@]2(C#N)O[C@H](COC(=O)CC3CCC3)[C@@H](OC(=O)[C@@H](N)C(C)(C)C)[C@H]2O)[nH]1. The quantitative estimate of drug-likeness (QED) is 0.158. The molecule has 5 atom stereocenters. The van der Waals surface area contributed by atoms with Crippen LogP contribution in [0.4, 0.5) is 0 Å². The Hall–Kier alpha value is -3.60. The number of carbonyl (C=O) groups excluding carboxylic acids is 3. The molecule has 2 fully saturated rings. The Kier molecular flexibility index (Phi) is 11.6. The third-order valence-corrected chi connectivity index (χ3v) is 7.78. The molecule has 1 saturated heterocycles. The fourth-order valence-corrected chi connectivity index (χ4v) is 4.75. The average molecular weight is 601 g/mol. The number of nitrogens with one attached hydrogen (secondary N) is 2. The van der Waals surface area contributed by atoms with Gasteiger partial charge in [0.2, 0.25) is 11.5 Å². The molecule has 236 valence electrons. The number of carbonyl (C=O) groups is 3. The summed E-state index contributed by atoms with van der Waals surface area (Å²) in [6.07, 6.45) is 2.10. The van der Waals surface area contributed by atoms with Crippen LogP contribution in [0.2, 0.25) is 0 Å². The van der Waals surface area contributed by atoms with Crippen molar-refractivity contribution in [3.05, 3.63) is 23.5 Å². The molecule has 1 aliphatic carbocycles. The van der Waals surface area contributed by atoms with Gasteiger partial charge in [0, 0.05) is 19.9 Å². The van der Waals surface area contributed by atoms with Crippen LogP contribution in [0, 0.1) is 22.7 Å². The molecule has 0 aromatic carbocycles. The highest BCUT2D eigenvalue weighted by molar-refractivity contribution is 6.09. The van der Waals surface area contributed by atoms with Gasteiger partial charge in [-0.25, -0.2) is 4.99 Å². The lowest BCUT2D eigenvalue weighted by molar-refractivity contribution is -0.163. The molecule has 0 radical (unpaired) electrons. The van der Waals surface area contributed by atoms with Crippen molar-refractivity contribution in [1.82, 2.24) is 10.3 Å². The Morgan fingerprint density at radius 1 is 1.35 bits per heavy atom. The minimum atomic E-state index is -2.05. The molecule has 43 heavy (non-hydrogen) atoms. The van der Waals surface area contributed by atoms with Gasteiger partial charge in [0.05, 0.1) is 11.4 Å². The number of aliphatic imine (C=N–C) groups is 2. The topological polar surface area (TPSA) is 201 Å². The van der Waals surface area contributed by atoms with Crippen molar-refractivity contribution in [2.45, 2.75) is 103 Å². The van der Waals surface area contributed by atoms with Crippen molar-refractivity contribution in [1.29, 1.82) is 5.26 Å². The van der Waals surface area contributed by atoms with Crippen molar-refractivity contribution in [2.75, 3.05) is 13.7 Å². The first-order valence-corrected chi connectivity index (χ1v) is 14.7. The molecule has 0 unspecified atom stereocenters. The second-order valence-electron chi connectivity index (χ2n) is 12.2. The summed E-state index contributed by atoms with van der Waals surface area (Å²) >= 11 is 0. The second-order valence-corrected chi connectivity index (χ2v) is 12.2. The molecule has 3 rings (SSSR count). The van der Waals surface area contributed by atoms with E-state index in [1.54, 1.807) is 26.8 Å². The van der Waals surface area contributed by atoms with Gasteiger partial charge in [0.15, 0.2) is 11.9 Å². The predicted molar refractivity (Wildman–Crippen MR) is 158 cm³/mol. The number of aromatic nitrogens is 1. The maximum Gasteiger partial charge on any atom is 0.323 e. The first-order valence-electron chi connectivity index (χ1n) is 14.7. The van der Waals surface area contributed by atoms with Gasteiger partial charge in [-0.1, -0.05) is 40.5 Å². The van der Waals surface area contributed by atoms with E-state index < -0.39 is 47.3 Å². The molecule has 1 aromatic heterocycles. The van der Waals surface area contributed by atoms with E-state index in [2.05, 4.69) is 20.3 Å². The monoisotopic (exact) mass is 600 g/mol. The Balaban J connectivity index is 1.90. The van der Waals surface area contributed by atoms with E-state index >= 15 is 0 Å². The Bertz CT molecular complexity index is 1240. The number of nitriles is 1. The Morgan fingerprint density at radius 2 is 2.07 bits per heavy atom. The minimum Gasteiger partial charge on any atom is -0.463 e. The number of unbranched alkanes of at least 4 members (excludes halogenated alkanes) is 1. The zero-order valence-corrected chi connectivity index (χ0v) is 25.6. The van der Waals surface area contributed by atoms with Crippen LogP contribution in [0.3, 0.4) is 0 Å². The number of amidine groups is 1. The zero-order chi connectivity index (χ0) is 31.8. The van der Waals surface area contributed by atoms with Crippen molar-refractivity contribution in [2.24, 2.45) is 27.1 Å². The summed E-state index contributed by atoms with van der Waals surface area (Å²) in [6.45, 7) is 6.92. The molecule has 0 spiro atoms. The Morgan fingerprint density at radius 3 is 2.65 bits per heavy atom. The van der Waals surface area contributed by atoms with Crippen LogP contribution < -0.4 is 11.1 Å². The predicted octanol–water partition coefficient (Wildman–Crippen LogP) is 2.22. The molecule has 5 N–H and O–H groups in total. The van der Waals surface area contributed by atoms with E-state index in [1.807, 2.05) is 13.0 Å². The maximum atomic E-state index is 13.0. The first-order chi connectivity index (χ1) is 20.4. The van der Waals surface area contributed by atoms with E-state index in [0.717, 1.165) is 25.7 Å². The lowest BCUT2D eigenvalue weighted by Crippen LogP contribution is -2.49. The number of esters is 2. The van der Waals surface area contributed by atoms with Crippen LogP contribution in [-0.4, -0.2) is 78.1 Å². The van der Waals surface area contributed by atoms with Crippen LogP contribution in [0.1, 0.15) is 84.0 Å². The van der Waals surface area contributed by atoms with Crippen LogP contribution in [0.5, 0.6) is 0 Å². The third-order valence-electron chi connectivity index (χ3n) is 7.78. The van der Waals surface area contributed by atoms with Gasteiger partial charge in [-0.3, -0.25) is 19.4 Å². The summed E-state index contributed by atoms with van der Waals surface area (Å²) in [4.78, 5) is 49.0. The van der Waals surface area contributed by atoms with Gasteiger partial charge < -0.3 is 35.4 Å². The van der Waals surface area contributed by atoms with Crippen molar-refractivity contribution in [3.63, 3.8) is 0 Å². The highest BCUT2D eigenvalue weighted by Crippen LogP contribution is 2.41. The van der Waals surface area contributed by atoms with Gasteiger partial charge >= 0.3 is 11.9 Å². The number of aliphatic hydroxyl groups is 1. The van der Waals surface area contributed by atoms with Gasteiger partial charge in [-0.15, -0.1) is 0 Å². The van der Waals surface area contributed by atoms with Crippen molar-refractivity contribution in [3.8, 4) is 6.07 Å². The number of nitrogens with zero attached hydrogens (tertiary/aromatic N) is 3. The standard InChI is InChI=1S/C30H44N6O7/c1-6-7-11-22(37)36-27(34-17-33-5)19-12-13-21(35-19)30(16-31)26(39)24(42-28(40)25(32)29(2,3)4)20(43-30)15-41-23(38)14-18-9-8-10-18/h12-13,17-18,20,24-26,35,39H,6-11,14-15,32H2,1-5H3,(H,33,34,36,37)/t20-,24-,25-,26-,30+/m1/s1. The molecule has 2 heterocycles. The molecule has 1 aromatic rings.